The lowest BCUT2D eigenvalue weighted by Crippen LogP contribution is -2.19. The molecule has 96 valence electrons. The molecule has 0 fully saturated rings. The van der Waals surface area contributed by atoms with Gasteiger partial charge in [-0.2, -0.15) is 0 Å². The summed E-state index contributed by atoms with van der Waals surface area (Å²) in [5.74, 6) is -0.183. The number of hydrogen-bond donors (Lipinski definition) is 0. The van der Waals surface area contributed by atoms with Gasteiger partial charge in [0.25, 0.3) is 0 Å². The molecule has 0 unspecified atom stereocenters. The minimum atomic E-state index is -0.183. The van der Waals surface area contributed by atoms with Crippen molar-refractivity contribution in [1.82, 2.24) is 4.90 Å². The molecule has 0 aromatic heterocycles. The van der Waals surface area contributed by atoms with Gasteiger partial charge in [0.05, 0.1) is 0 Å². The van der Waals surface area contributed by atoms with Gasteiger partial charge in [0.15, 0.2) is 0 Å². The summed E-state index contributed by atoms with van der Waals surface area (Å²) in [5.41, 5.74) is 3.79. The molecule has 0 N–H and O–H groups in total. The Bertz CT molecular complexity index is 619. The standard InChI is InChI=1S/C16H13FIN/c17-14-6-4-12(5-7-14)10-19-9-8-15-13(11-19)2-1-3-16(15)18/h1-9H,10-11H2. The summed E-state index contributed by atoms with van der Waals surface area (Å²) < 4.78 is 14.2. The third-order valence-corrected chi connectivity index (χ3v) is 4.21. The number of fused-ring (bicyclic) bond motifs is 1. The van der Waals surface area contributed by atoms with Crippen LogP contribution >= 0.6 is 22.6 Å². The van der Waals surface area contributed by atoms with Crippen LogP contribution in [0.15, 0.2) is 48.7 Å². The van der Waals surface area contributed by atoms with Crippen LogP contribution in [0.4, 0.5) is 4.39 Å². The fourth-order valence-electron chi connectivity index (χ4n) is 2.29. The maximum atomic E-state index is 12.9. The van der Waals surface area contributed by atoms with Gasteiger partial charge < -0.3 is 4.90 Å². The van der Waals surface area contributed by atoms with Gasteiger partial charge in [0.2, 0.25) is 0 Å². The Morgan fingerprint density at radius 1 is 1.11 bits per heavy atom. The molecular formula is C16H13FIN. The molecule has 0 atom stereocenters. The summed E-state index contributed by atoms with van der Waals surface area (Å²) in [7, 11) is 0. The molecule has 2 aromatic carbocycles. The second-order valence-corrected chi connectivity index (χ2v) is 5.82. The summed E-state index contributed by atoms with van der Waals surface area (Å²) >= 11 is 2.37. The maximum absolute atomic E-state index is 12.9. The van der Waals surface area contributed by atoms with Crippen molar-refractivity contribution in [3.8, 4) is 0 Å². The normalized spacial score (nSPS) is 13.5. The van der Waals surface area contributed by atoms with Crippen molar-refractivity contribution in [3.63, 3.8) is 0 Å². The number of rotatable bonds is 2. The van der Waals surface area contributed by atoms with Crippen molar-refractivity contribution in [3.05, 3.63) is 74.7 Å². The Morgan fingerprint density at radius 2 is 1.89 bits per heavy atom. The molecule has 1 aliphatic rings. The van der Waals surface area contributed by atoms with Gasteiger partial charge in [0.1, 0.15) is 5.82 Å². The highest BCUT2D eigenvalue weighted by Crippen LogP contribution is 2.25. The van der Waals surface area contributed by atoms with Crippen molar-refractivity contribution >= 4 is 28.7 Å². The number of nitrogens with zero attached hydrogens (tertiary/aromatic N) is 1. The number of halogens is 2. The number of benzene rings is 2. The molecule has 2 aromatic rings. The van der Waals surface area contributed by atoms with Gasteiger partial charge in [-0.25, -0.2) is 4.39 Å². The Morgan fingerprint density at radius 3 is 2.68 bits per heavy atom. The molecule has 0 aliphatic carbocycles. The van der Waals surface area contributed by atoms with Crippen LogP contribution in [-0.2, 0) is 13.1 Å². The van der Waals surface area contributed by atoms with E-state index in [1.165, 1.54) is 26.8 Å². The Labute approximate surface area is 125 Å². The first-order valence-electron chi connectivity index (χ1n) is 6.16. The summed E-state index contributed by atoms with van der Waals surface area (Å²) in [6.45, 7) is 1.71. The molecule has 0 bridgehead atoms. The van der Waals surface area contributed by atoms with Crippen LogP contribution in [0.25, 0.3) is 6.08 Å². The predicted molar refractivity (Wildman–Crippen MR) is 83.8 cm³/mol. The van der Waals surface area contributed by atoms with Crippen LogP contribution in [-0.4, -0.2) is 4.90 Å². The van der Waals surface area contributed by atoms with Gasteiger partial charge in [-0.15, -0.1) is 0 Å². The van der Waals surface area contributed by atoms with Crippen molar-refractivity contribution < 1.29 is 4.39 Å². The highest BCUT2D eigenvalue weighted by Gasteiger charge is 2.12. The fraction of sp³-hybridized carbons (Fsp3) is 0.125. The monoisotopic (exact) mass is 365 g/mol. The van der Waals surface area contributed by atoms with Crippen LogP contribution in [0.3, 0.4) is 0 Å². The molecule has 0 saturated heterocycles. The SMILES string of the molecule is Fc1ccc(CN2C=Cc3c(I)cccc3C2)cc1. The largest absolute Gasteiger partial charge is 0.369 e. The first-order valence-corrected chi connectivity index (χ1v) is 7.24. The molecule has 0 amide bonds. The highest BCUT2D eigenvalue weighted by atomic mass is 127. The maximum Gasteiger partial charge on any atom is 0.123 e. The summed E-state index contributed by atoms with van der Waals surface area (Å²) in [6.07, 6.45) is 4.28. The molecule has 3 rings (SSSR count). The van der Waals surface area contributed by atoms with Crippen LogP contribution in [0.5, 0.6) is 0 Å². The molecule has 0 saturated carbocycles. The molecule has 1 nitrogen and oxygen atoms in total. The second kappa shape index (κ2) is 5.33. The lowest BCUT2D eigenvalue weighted by molar-refractivity contribution is 0.359. The number of hydrogen-bond acceptors (Lipinski definition) is 1. The van der Waals surface area contributed by atoms with E-state index in [1.54, 1.807) is 0 Å². The predicted octanol–water partition coefficient (Wildman–Crippen LogP) is 4.42. The van der Waals surface area contributed by atoms with E-state index in [0.29, 0.717) is 0 Å². The Hall–Kier alpha value is -1.36. The van der Waals surface area contributed by atoms with Crippen LogP contribution in [0.1, 0.15) is 16.7 Å². The van der Waals surface area contributed by atoms with E-state index in [1.807, 2.05) is 12.1 Å². The van der Waals surface area contributed by atoms with E-state index in [4.69, 9.17) is 0 Å². The van der Waals surface area contributed by atoms with Gasteiger partial charge in [-0.1, -0.05) is 24.3 Å². The van der Waals surface area contributed by atoms with Crippen molar-refractivity contribution in [2.45, 2.75) is 13.1 Å². The van der Waals surface area contributed by atoms with Gasteiger partial charge in [-0.3, -0.25) is 0 Å². The van der Waals surface area contributed by atoms with Gasteiger partial charge in [0, 0.05) is 22.9 Å². The van der Waals surface area contributed by atoms with Crippen molar-refractivity contribution in [2.24, 2.45) is 0 Å². The van der Waals surface area contributed by atoms with Crippen molar-refractivity contribution in [2.75, 3.05) is 0 Å². The first-order chi connectivity index (χ1) is 9.22. The molecule has 3 heteroatoms. The van der Waals surface area contributed by atoms with E-state index in [-0.39, 0.29) is 5.82 Å². The molecule has 19 heavy (non-hydrogen) atoms. The third-order valence-electron chi connectivity index (χ3n) is 3.27. The molecule has 1 aliphatic heterocycles. The minimum absolute atomic E-state index is 0.183. The Kier molecular flexibility index (Phi) is 3.55. The molecular weight excluding hydrogens is 352 g/mol. The lowest BCUT2D eigenvalue weighted by atomic mass is 10.0. The fourth-order valence-corrected chi connectivity index (χ4v) is 3.02. The highest BCUT2D eigenvalue weighted by molar-refractivity contribution is 14.1. The van der Waals surface area contributed by atoms with Crippen LogP contribution < -0.4 is 0 Å². The molecule has 0 spiro atoms. The summed E-state index contributed by atoms with van der Waals surface area (Å²) in [6, 6.07) is 13.1. The average Bonchev–Trinajstić information content (AvgIpc) is 2.42. The third kappa shape index (κ3) is 2.81. The smallest absolute Gasteiger partial charge is 0.123 e. The zero-order valence-electron chi connectivity index (χ0n) is 10.3. The quantitative estimate of drug-likeness (QED) is 0.713. The average molecular weight is 365 g/mol. The topological polar surface area (TPSA) is 3.24 Å². The van der Waals surface area contributed by atoms with E-state index in [9.17, 15) is 4.39 Å². The Balaban J connectivity index is 1.78. The second-order valence-electron chi connectivity index (χ2n) is 4.66. The first kappa shape index (κ1) is 12.7. The van der Waals surface area contributed by atoms with Crippen LogP contribution in [0.2, 0.25) is 0 Å². The summed E-state index contributed by atoms with van der Waals surface area (Å²) in [5, 5.41) is 0. The zero-order chi connectivity index (χ0) is 13.2. The van der Waals surface area contributed by atoms with E-state index < -0.39 is 0 Å². The van der Waals surface area contributed by atoms with E-state index >= 15 is 0 Å². The van der Waals surface area contributed by atoms with Crippen molar-refractivity contribution in [1.29, 1.82) is 0 Å². The van der Waals surface area contributed by atoms with E-state index in [0.717, 1.165) is 18.7 Å². The minimum Gasteiger partial charge on any atom is -0.369 e. The van der Waals surface area contributed by atoms with Gasteiger partial charge >= 0.3 is 0 Å². The lowest BCUT2D eigenvalue weighted by Gasteiger charge is -2.26. The summed E-state index contributed by atoms with van der Waals surface area (Å²) in [4.78, 5) is 2.24. The molecule has 1 heterocycles. The van der Waals surface area contributed by atoms with Gasteiger partial charge in [-0.05, 0) is 63.6 Å². The van der Waals surface area contributed by atoms with Crippen LogP contribution in [0, 0.1) is 9.39 Å². The molecule has 0 radical (unpaired) electrons. The van der Waals surface area contributed by atoms with E-state index in [2.05, 4.69) is 58.0 Å². The zero-order valence-corrected chi connectivity index (χ0v) is 12.5.